The molecule has 5 nitrogen and oxygen atoms in total. The highest BCUT2D eigenvalue weighted by Crippen LogP contribution is 2.31. The van der Waals surface area contributed by atoms with E-state index >= 15 is 0 Å². The molecule has 0 saturated heterocycles. The minimum atomic E-state index is -0.243. The van der Waals surface area contributed by atoms with E-state index in [4.69, 9.17) is 9.47 Å². The van der Waals surface area contributed by atoms with Crippen LogP contribution in [0.1, 0.15) is 15.2 Å². The van der Waals surface area contributed by atoms with E-state index in [1.54, 1.807) is 32.4 Å². The molecule has 0 aliphatic carbocycles. The van der Waals surface area contributed by atoms with Gasteiger partial charge in [0, 0.05) is 11.6 Å². The highest BCUT2D eigenvalue weighted by molar-refractivity contribution is 9.10. The third-order valence-electron chi connectivity index (χ3n) is 2.62. The molecule has 7 heteroatoms. The first kappa shape index (κ1) is 15.5. The van der Waals surface area contributed by atoms with Gasteiger partial charge in [-0.2, -0.15) is 5.10 Å². The zero-order chi connectivity index (χ0) is 15.2. The van der Waals surface area contributed by atoms with E-state index < -0.39 is 0 Å². The molecule has 0 radical (unpaired) electrons. The topological polar surface area (TPSA) is 59.9 Å². The number of nitrogens with one attached hydrogen (secondary N) is 1. The number of carbonyl (C=O) groups is 1. The maximum Gasteiger partial charge on any atom is 0.281 e. The second-order valence-electron chi connectivity index (χ2n) is 3.91. The predicted molar refractivity (Wildman–Crippen MR) is 86.6 cm³/mol. The number of halogens is 1. The van der Waals surface area contributed by atoms with Crippen LogP contribution >= 0.6 is 27.3 Å². The Hall–Kier alpha value is -1.86. The molecule has 21 heavy (non-hydrogen) atoms. The maximum atomic E-state index is 11.7. The fraction of sp³-hybridized carbons (Fsp3) is 0.143. The van der Waals surface area contributed by atoms with Crippen molar-refractivity contribution < 1.29 is 14.3 Å². The Kier molecular flexibility index (Phi) is 5.35. The van der Waals surface area contributed by atoms with E-state index in [-0.39, 0.29) is 5.91 Å². The van der Waals surface area contributed by atoms with Gasteiger partial charge in [-0.1, -0.05) is 6.07 Å². The van der Waals surface area contributed by atoms with Crippen LogP contribution in [-0.4, -0.2) is 26.3 Å². The number of hydrazone groups is 1. The second-order valence-corrected chi connectivity index (χ2v) is 5.71. The van der Waals surface area contributed by atoms with E-state index in [1.807, 2.05) is 11.4 Å². The number of amides is 1. The molecule has 0 aliphatic heterocycles. The number of carbonyl (C=O) groups excluding carboxylic acids is 1. The molecular formula is C14H13BrN2O3S. The molecule has 2 rings (SSSR count). The van der Waals surface area contributed by atoms with Crippen LogP contribution in [0.3, 0.4) is 0 Å². The summed E-state index contributed by atoms with van der Waals surface area (Å²) in [5.41, 5.74) is 3.19. The number of rotatable bonds is 5. The molecule has 110 valence electrons. The first-order valence-corrected chi connectivity index (χ1v) is 7.61. The normalized spacial score (nSPS) is 10.6. The van der Waals surface area contributed by atoms with E-state index in [0.29, 0.717) is 16.4 Å². The highest BCUT2D eigenvalue weighted by atomic mass is 79.9. The van der Waals surface area contributed by atoms with Gasteiger partial charge in [0.2, 0.25) is 0 Å². The lowest BCUT2D eigenvalue weighted by Gasteiger charge is -2.09. The van der Waals surface area contributed by atoms with Crippen LogP contribution in [0.25, 0.3) is 0 Å². The summed E-state index contributed by atoms with van der Waals surface area (Å²) in [6.45, 7) is 0. The van der Waals surface area contributed by atoms with Crippen LogP contribution in [0.15, 0.2) is 39.2 Å². The van der Waals surface area contributed by atoms with Gasteiger partial charge in [-0.05, 0) is 33.4 Å². The number of thiophene rings is 1. The lowest BCUT2D eigenvalue weighted by Crippen LogP contribution is -2.16. The molecule has 0 spiro atoms. The number of hydrogen-bond donors (Lipinski definition) is 1. The summed E-state index contributed by atoms with van der Waals surface area (Å²) >= 11 is 4.75. The van der Waals surface area contributed by atoms with E-state index in [9.17, 15) is 4.79 Å². The Morgan fingerprint density at radius 3 is 2.71 bits per heavy atom. The van der Waals surface area contributed by atoms with Gasteiger partial charge >= 0.3 is 0 Å². The number of nitrogens with zero attached hydrogens (tertiary/aromatic N) is 1. The van der Waals surface area contributed by atoms with Crippen LogP contribution < -0.4 is 14.9 Å². The van der Waals surface area contributed by atoms with Gasteiger partial charge in [-0.25, -0.2) is 5.43 Å². The summed E-state index contributed by atoms with van der Waals surface area (Å²) in [6.07, 6.45) is 1.52. The Morgan fingerprint density at radius 2 is 2.10 bits per heavy atom. The second kappa shape index (κ2) is 7.24. The summed E-state index contributed by atoms with van der Waals surface area (Å²) < 4.78 is 11.2. The summed E-state index contributed by atoms with van der Waals surface area (Å²) in [4.78, 5) is 12.3. The minimum absolute atomic E-state index is 0.243. The summed E-state index contributed by atoms with van der Waals surface area (Å²) in [7, 11) is 3.14. The van der Waals surface area contributed by atoms with Crippen molar-refractivity contribution >= 4 is 39.4 Å². The summed E-state index contributed by atoms with van der Waals surface area (Å²) in [5, 5.41) is 5.78. The molecule has 2 aromatic rings. The first-order chi connectivity index (χ1) is 10.2. The number of ether oxygens (including phenoxy) is 2. The standard InChI is InChI=1S/C14H13BrN2O3S/c1-19-11-7-12(20-2)10(15)6-9(11)8-16-17-14(18)13-4-3-5-21-13/h3-8H,1-2H3,(H,17,18). The van der Waals surface area contributed by atoms with Gasteiger partial charge in [-0.15, -0.1) is 11.3 Å². The average Bonchev–Trinajstić information content (AvgIpc) is 3.01. The Balaban J connectivity index is 2.13. The van der Waals surface area contributed by atoms with Crippen molar-refractivity contribution in [2.24, 2.45) is 5.10 Å². The molecule has 0 aliphatic rings. The van der Waals surface area contributed by atoms with Gasteiger partial charge < -0.3 is 9.47 Å². The molecule has 1 heterocycles. The molecule has 0 bridgehead atoms. The van der Waals surface area contributed by atoms with Gasteiger partial charge in [0.25, 0.3) is 5.91 Å². The molecule has 1 aromatic carbocycles. The van der Waals surface area contributed by atoms with Crippen molar-refractivity contribution in [2.75, 3.05) is 14.2 Å². The van der Waals surface area contributed by atoms with Crippen LogP contribution in [0.4, 0.5) is 0 Å². The smallest absolute Gasteiger partial charge is 0.281 e. The van der Waals surface area contributed by atoms with Crippen LogP contribution in [0.2, 0.25) is 0 Å². The molecular weight excluding hydrogens is 356 g/mol. The largest absolute Gasteiger partial charge is 0.496 e. The Labute approximate surface area is 134 Å². The van der Waals surface area contributed by atoms with Crippen LogP contribution in [0, 0.1) is 0 Å². The maximum absolute atomic E-state index is 11.7. The van der Waals surface area contributed by atoms with Gasteiger partial charge in [0.1, 0.15) is 11.5 Å². The lowest BCUT2D eigenvalue weighted by molar-refractivity contribution is 0.0959. The Morgan fingerprint density at radius 1 is 1.33 bits per heavy atom. The molecule has 1 N–H and O–H groups in total. The lowest BCUT2D eigenvalue weighted by atomic mass is 10.2. The molecule has 1 amide bonds. The third kappa shape index (κ3) is 3.83. The predicted octanol–water partition coefficient (Wildman–Crippen LogP) is 3.29. The molecule has 0 atom stereocenters. The van der Waals surface area contributed by atoms with Crippen molar-refractivity contribution in [1.82, 2.24) is 5.43 Å². The monoisotopic (exact) mass is 368 g/mol. The number of benzene rings is 1. The first-order valence-electron chi connectivity index (χ1n) is 5.94. The average molecular weight is 369 g/mol. The molecule has 0 fully saturated rings. The molecule has 0 saturated carbocycles. The fourth-order valence-electron chi connectivity index (χ4n) is 1.61. The highest BCUT2D eigenvalue weighted by Gasteiger charge is 2.08. The van der Waals surface area contributed by atoms with Crippen molar-refractivity contribution in [3.05, 3.63) is 44.6 Å². The van der Waals surface area contributed by atoms with E-state index in [0.717, 1.165) is 10.0 Å². The number of methoxy groups -OCH3 is 2. The Bertz CT molecular complexity index is 656. The van der Waals surface area contributed by atoms with Crippen LogP contribution in [0.5, 0.6) is 11.5 Å². The number of hydrogen-bond acceptors (Lipinski definition) is 5. The molecule has 1 aromatic heterocycles. The van der Waals surface area contributed by atoms with Gasteiger partial charge in [-0.3, -0.25) is 4.79 Å². The molecule has 0 unspecified atom stereocenters. The van der Waals surface area contributed by atoms with E-state index in [1.165, 1.54) is 17.6 Å². The van der Waals surface area contributed by atoms with Crippen molar-refractivity contribution in [3.8, 4) is 11.5 Å². The van der Waals surface area contributed by atoms with Gasteiger partial charge in [0.05, 0.1) is 29.8 Å². The summed E-state index contributed by atoms with van der Waals surface area (Å²) in [6, 6.07) is 7.10. The minimum Gasteiger partial charge on any atom is -0.496 e. The van der Waals surface area contributed by atoms with Crippen molar-refractivity contribution in [1.29, 1.82) is 0 Å². The van der Waals surface area contributed by atoms with E-state index in [2.05, 4.69) is 26.5 Å². The zero-order valence-electron chi connectivity index (χ0n) is 11.4. The third-order valence-corrected chi connectivity index (χ3v) is 4.11. The SMILES string of the molecule is COc1cc(OC)c(C=NNC(=O)c2cccs2)cc1Br. The zero-order valence-corrected chi connectivity index (χ0v) is 13.8. The van der Waals surface area contributed by atoms with Crippen molar-refractivity contribution in [2.45, 2.75) is 0 Å². The quantitative estimate of drug-likeness (QED) is 0.650. The van der Waals surface area contributed by atoms with Gasteiger partial charge in [0.15, 0.2) is 0 Å². The fourth-order valence-corrected chi connectivity index (χ4v) is 2.74. The van der Waals surface area contributed by atoms with Crippen molar-refractivity contribution in [3.63, 3.8) is 0 Å². The summed E-state index contributed by atoms with van der Waals surface area (Å²) in [5.74, 6) is 1.02. The van der Waals surface area contributed by atoms with Crippen LogP contribution in [-0.2, 0) is 0 Å².